The van der Waals surface area contributed by atoms with Crippen molar-refractivity contribution < 1.29 is 24.2 Å². The van der Waals surface area contributed by atoms with Gasteiger partial charge in [0.05, 0.1) is 5.92 Å². The Bertz CT molecular complexity index is 238. The maximum absolute atomic E-state index is 11.0. The first-order chi connectivity index (χ1) is 6.43. The molecule has 0 radical (unpaired) electrons. The molecule has 0 aliphatic carbocycles. The van der Waals surface area contributed by atoms with Crippen molar-refractivity contribution in [2.45, 2.75) is 13.8 Å². The quantitative estimate of drug-likeness (QED) is 0.681. The van der Waals surface area contributed by atoms with Crippen molar-refractivity contribution in [3.63, 3.8) is 0 Å². The summed E-state index contributed by atoms with van der Waals surface area (Å²) in [6, 6.07) is 0. The summed E-state index contributed by atoms with van der Waals surface area (Å²) in [7, 11) is 0. The average molecular weight is 220 g/mol. The van der Waals surface area contributed by atoms with Crippen LogP contribution in [0.1, 0.15) is 13.8 Å². The molecule has 80 valence electrons. The Kier molecular flexibility index (Phi) is 5.94. The van der Waals surface area contributed by atoms with E-state index in [1.165, 1.54) is 6.92 Å². The van der Waals surface area contributed by atoms with Gasteiger partial charge in [-0.2, -0.15) is 0 Å². The largest absolute Gasteiger partial charge is 0.479 e. The Balaban J connectivity index is 3.76. The van der Waals surface area contributed by atoms with Crippen LogP contribution in [-0.4, -0.2) is 34.5 Å². The van der Waals surface area contributed by atoms with Crippen LogP contribution in [0.2, 0.25) is 0 Å². The molecule has 0 fully saturated rings. The lowest BCUT2D eigenvalue weighted by Gasteiger charge is -2.08. The SMILES string of the molecule is CC(=O)SC[C@@H](C)C(=O)OCC(=O)O. The van der Waals surface area contributed by atoms with Gasteiger partial charge in [0.2, 0.25) is 0 Å². The van der Waals surface area contributed by atoms with Crippen LogP contribution in [0.5, 0.6) is 0 Å². The lowest BCUT2D eigenvalue weighted by atomic mass is 10.2. The van der Waals surface area contributed by atoms with Crippen LogP contribution in [0.15, 0.2) is 0 Å². The number of carbonyl (C=O) groups is 3. The zero-order valence-corrected chi connectivity index (χ0v) is 8.80. The third-order valence-corrected chi connectivity index (χ3v) is 2.35. The summed E-state index contributed by atoms with van der Waals surface area (Å²) < 4.78 is 4.43. The fourth-order valence-electron chi connectivity index (χ4n) is 0.586. The van der Waals surface area contributed by atoms with E-state index in [-0.39, 0.29) is 5.12 Å². The summed E-state index contributed by atoms with van der Waals surface area (Å²) in [5.41, 5.74) is 0. The molecule has 0 spiro atoms. The van der Waals surface area contributed by atoms with Crippen molar-refractivity contribution in [2.24, 2.45) is 5.92 Å². The number of hydrogen-bond acceptors (Lipinski definition) is 5. The summed E-state index contributed by atoms with van der Waals surface area (Å²) in [4.78, 5) is 31.7. The van der Waals surface area contributed by atoms with Gasteiger partial charge in [-0.3, -0.25) is 9.59 Å². The second kappa shape index (κ2) is 6.42. The third-order valence-electron chi connectivity index (χ3n) is 1.28. The molecule has 0 unspecified atom stereocenters. The Morgan fingerprint density at radius 1 is 1.43 bits per heavy atom. The molecule has 0 amide bonds. The number of rotatable bonds is 5. The van der Waals surface area contributed by atoms with E-state index in [0.717, 1.165) is 11.8 Å². The minimum absolute atomic E-state index is 0.0807. The molecule has 0 aliphatic heterocycles. The van der Waals surface area contributed by atoms with Crippen LogP contribution in [0, 0.1) is 5.92 Å². The number of esters is 1. The number of ether oxygens (including phenoxy) is 1. The summed E-state index contributed by atoms with van der Waals surface area (Å²) in [6.07, 6.45) is 0. The molecular weight excluding hydrogens is 208 g/mol. The Morgan fingerprint density at radius 3 is 2.43 bits per heavy atom. The summed E-state index contributed by atoms with van der Waals surface area (Å²) in [5.74, 6) is -1.94. The van der Waals surface area contributed by atoms with E-state index in [4.69, 9.17) is 5.11 Å². The van der Waals surface area contributed by atoms with Gasteiger partial charge in [0.25, 0.3) is 0 Å². The number of carbonyl (C=O) groups excluding carboxylic acids is 2. The number of hydrogen-bond donors (Lipinski definition) is 1. The Morgan fingerprint density at radius 2 is 2.00 bits per heavy atom. The summed E-state index contributed by atoms with van der Waals surface area (Å²) >= 11 is 1.01. The van der Waals surface area contributed by atoms with Crippen LogP contribution < -0.4 is 0 Å². The number of carboxylic acids is 1. The van der Waals surface area contributed by atoms with E-state index < -0.39 is 24.5 Å². The second-order valence-corrected chi connectivity index (χ2v) is 3.90. The van der Waals surface area contributed by atoms with Crippen LogP contribution in [0.3, 0.4) is 0 Å². The lowest BCUT2D eigenvalue weighted by molar-refractivity contribution is -0.157. The molecule has 0 aliphatic rings. The van der Waals surface area contributed by atoms with E-state index in [1.54, 1.807) is 6.92 Å². The van der Waals surface area contributed by atoms with E-state index in [1.807, 2.05) is 0 Å². The normalized spacial score (nSPS) is 11.9. The third kappa shape index (κ3) is 6.47. The predicted octanol–water partition coefficient (Wildman–Crippen LogP) is 0.530. The predicted molar refractivity (Wildman–Crippen MR) is 50.9 cm³/mol. The zero-order chi connectivity index (χ0) is 11.1. The van der Waals surface area contributed by atoms with Crippen LogP contribution in [-0.2, 0) is 19.1 Å². The molecule has 0 heterocycles. The molecule has 0 bridgehead atoms. The molecule has 1 N–H and O–H groups in total. The fraction of sp³-hybridized carbons (Fsp3) is 0.625. The lowest BCUT2D eigenvalue weighted by Crippen LogP contribution is -2.20. The van der Waals surface area contributed by atoms with E-state index in [9.17, 15) is 14.4 Å². The highest BCUT2D eigenvalue weighted by Gasteiger charge is 2.16. The van der Waals surface area contributed by atoms with Crippen molar-refractivity contribution in [1.29, 1.82) is 0 Å². The molecule has 0 saturated carbocycles. The number of carboxylic acid groups (broad SMARTS) is 1. The van der Waals surface area contributed by atoms with Crippen molar-refractivity contribution in [3.05, 3.63) is 0 Å². The highest BCUT2D eigenvalue weighted by Crippen LogP contribution is 2.10. The van der Waals surface area contributed by atoms with Gasteiger partial charge in [-0.05, 0) is 0 Å². The summed E-state index contributed by atoms with van der Waals surface area (Å²) in [5, 5.41) is 8.15. The van der Waals surface area contributed by atoms with Gasteiger partial charge in [-0.15, -0.1) is 0 Å². The molecule has 0 aromatic carbocycles. The molecule has 0 saturated heterocycles. The average Bonchev–Trinajstić information content (AvgIpc) is 2.09. The van der Waals surface area contributed by atoms with Gasteiger partial charge in [0, 0.05) is 12.7 Å². The van der Waals surface area contributed by atoms with Gasteiger partial charge < -0.3 is 9.84 Å². The highest BCUT2D eigenvalue weighted by atomic mass is 32.2. The first-order valence-electron chi connectivity index (χ1n) is 3.95. The van der Waals surface area contributed by atoms with Crippen molar-refractivity contribution in [3.8, 4) is 0 Å². The first-order valence-corrected chi connectivity index (χ1v) is 4.94. The number of thioether (sulfide) groups is 1. The van der Waals surface area contributed by atoms with Crippen molar-refractivity contribution in [1.82, 2.24) is 0 Å². The van der Waals surface area contributed by atoms with Gasteiger partial charge >= 0.3 is 11.9 Å². The smallest absolute Gasteiger partial charge is 0.341 e. The fourth-order valence-corrected chi connectivity index (χ4v) is 1.21. The Hall–Kier alpha value is -1.04. The van der Waals surface area contributed by atoms with E-state index in [2.05, 4.69) is 4.74 Å². The molecule has 5 nitrogen and oxygen atoms in total. The van der Waals surface area contributed by atoms with Crippen molar-refractivity contribution >= 4 is 28.8 Å². The monoisotopic (exact) mass is 220 g/mol. The van der Waals surface area contributed by atoms with Gasteiger partial charge in [0.15, 0.2) is 11.7 Å². The molecule has 0 aromatic rings. The zero-order valence-electron chi connectivity index (χ0n) is 7.98. The Labute approximate surface area is 85.8 Å². The first kappa shape index (κ1) is 13.0. The molecule has 0 rings (SSSR count). The highest BCUT2D eigenvalue weighted by molar-refractivity contribution is 8.13. The van der Waals surface area contributed by atoms with E-state index >= 15 is 0 Å². The molecule has 1 atom stereocenters. The topological polar surface area (TPSA) is 80.7 Å². The van der Waals surface area contributed by atoms with E-state index in [0.29, 0.717) is 5.75 Å². The van der Waals surface area contributed by atoms with Crippen LogP contribution in [0.4, 0.5) is 0 Å². The number of aliphatic carboxylic acids is 1. The van der Waals surface area contributed by atoms with Gasteiger partial charge in [0.1, 0.15) is 0 Å². The maximum atomic E-state index is 11.0. The molecule has 14 heavy (non-hydrogen) atoms. The standard InChI is InChI=1S/C8H12O5S/c1-5(4-14-6(2)9)8(12)13-3-7(10)11/h5H,3-4H2,1-2H3,(H,10,11)/t5-/m1/s1. The van der Waals surface area contributed by atoms with Crippen LogP contribution in [0.25, 0.3) is 0 Å². The minimum atomic E-state index is -1.19. The van der Waals surface area contributed by atoms with Crippen LogP contribution >= 0.6 is 11.8 Å². The second-order valence-electron chi connectivity index (χ2n) is 2.71. The maximum Gasteiger partial charge on any atom is 0.341 e. The molecule has 6 heteroatoms. The van der Waals surface area contributed by atoms with Crippen molar-refractivity contribution in [2.75, 3.05) is 12.4 Å². The molecular formula is C8H12O5S. The van der Waals surface area contributed by atoms with Gasteiger partial charge in [-0.1, -0.05) is 18.7 Å². The van der Waals surface area contributed by atoms with Gasteiger partial charge in [-0.25, -0.2) is 4.79 Å². The summed E-state index contributed by atoms with van der Waals surface area (Å²) in [6.45, 7) is 2.36. The molecule has 0 aromatic heterocycles. The minimum Gasteiger partial charge on any atom is -0.479 e.